The van der Waals surface area contributed by atoms with Crippen LogP contribution in [0.15, 0.2) is 71.3 Å². The van der Waals surface area contributed by atoms with Crippen LogP contribution in [0.2, 0.25) is 0 Å². The molecule has 3 aromatic heterocycles. The fraction of sp³-hybridized carbons (Fsp3) is 0.276. The highest BCUT2D eigenvalue weighted by Gasteiger charge is 2.25. The lowest BCUT2D eigenvalue weighted by molar-refractivity contribution is 0.150. The predicted octanol–water partition coefficient (Wildman–Crippen LogP) is 6.11. The van der Waals surface area contributed by atoms with Gasteiger partial charge in [0.1, 0.15) is 16.4 Å². The van der Waals surface area contributed by atoms with Crippen LogP contribution in [-0.4, -0.2) is 96.1 Å². The van der Waals surface area contributed by atoms with Crippen molar-refractivity contribution >= 4 is 81.9 Å². The molecule has 0 bridgehead atoms. The summed E-state index contributed by atoms with van der Waals surface area (Å²) in [7, 11) is 0.102. The average Bonchev–Trinajstić information content (AvgIpc) is 3.68. The molecule has 0 amide bonds. The van der Waals surface area contributed by atoms with E-state index in [1.54, 1.807) is 31.4 Å². The third kappa shape index (κ3) is 8.31. The lowest BCUT2D eigenvalue weighted by atomic mass is 9.99. The molecule has 5 aromatic rings. The lowest BCUT2D eigenvalue weighted by Gasteiger charge is -2.33. The van der Waals surface area contributed by atoms with Crippen LogP contribution in [0.4, 0.5) is 4.39 Å². The van der Waals surface area contributed by atoms with Gasteiger partial charge in [-0.25, -0.2) is 22.8 Å². The molecule has 244 valence electrons. The second-order valence-corrected chi connectivity index (χ2v) is 13.6. The topological polar surface area (TPSA) is 98.3 Å². The molecule has 0 spiro atoms. The molecule has 2 aromatic carbocycles. The number of halogens is 5. The van der Waals surface area contributed by atoms with Gasteiger partial charge in [0.15, 0.2) is 0 Å². The van der Waals surface area contributed by atoms with Gasteiger partial charge in [-0.1, -0.05) is 6.07 Å². The fourth-order valence-corrected chi connectivity index (χ4v) is 7.67. The molecule has 6 rings (SSSR count). The van der Waals surface area contributed by atoms with Crippen LogP contribution in [0.3, 0.4) is 0 Å². The van der Waals surface area contributed by atoms with E-state index in [1.165, 1.54) is 34.1 Å². The summed E-state index contributed by atoms with van der Waals surface area (Å²) in [5.74, 6) is -0.305. The van der Waals surface area contributed by atoms with Gasteiger partial charge in [0, 0.05) is 62.8 Å². The molecular formula is C29H34Cl4FN7O2S2. The second-order valence-electron chi connectivity index (χ2n) is 10.2. The molecular weight excluding hydrogens is 703 g/mol. The molecule has 1 aliphatic rings. The number of aromatic amines is 1. The highest BCUT2D eigenvalue weighted by Crippen LogP contribution is 2.37. The molecule has 0 unspecified atom stereocenters. The normalized spacial score (nSPS) is 13.9. The van der Waals surface area contributed by atoms with Gasteiger partial charge in [0.25, 0.3) is 10.0 Å². The fourth-order valence-electron chi connectivity index (χ4n) is 4.98. The maximum Gasteiger partial charge on any atom is 0.252 e. The Balaban J connectivity index is 0.00000176. The van der Waals surface area contributed by atoms with Gasteiger partial charge in [-0.15, -0.1) is 61.0 Å². The van der Waals surface area contributed by atoms with Crippen LogP contribution in [0.1, 0.15) is 0 Å². The molecule has 4 heterocycles. The minimum absolute atomic E-state index is 0. The van der Waals surface area contributed by atoms with E-state index in [2.05, 4.69) is 37.0 Å². The summed E-state index contributed by atoms with van der Waals surface area (Å²) < 4.78 is 42.0. The summed E-state index contributed by atoms with van der Waals surface area (Å²) >= 11 is 1.21. The Kier molecular flexibility index (Phi) is 14.2. The number of H-pyrrole nitrogens is 1. The Bertz CT molecular complexity index is 1800. The Morgan fingerprint density at radius 3 is 2.33 bits per heavy atom. The van der Waals surface area contributed by atoms with E-state index in [1.807, 2.05) is 24.3 Å². The summed E-state index contributed by atoms with van der Waals surface area (Å²) in [6.45, 7) is 5.01. The van der Waals surface area contributed by atoms with Crippen molar-refractivity contribution in [3.63, 3.8) is 0 Å². The summed E-state index contributed by atoms with van der Waals surface area (Å²) in [5, 5.41) is 8.05. The van der Waals surface area contributed by atoms with Crippen LogP contribution in [-0.2, 0) is 10.0 Å². The smallest absolute Gasteiger partial charge is 0.252 e. The monoisotopic (exact) mass is 735 g/mol. The number of nitrogens with one attached hydrogen (secondary N) is 1. The highest BCUT2D eigenvalue weighted by molar-refractivity contribution is 7.91. The van der Waals surface area contributed by atoms with Crippen molar-refractivity contribution in [2.24, 2.45) is 0 Å². The number of fused-ring (bicyclic) bond motifs is 1. The van der Waals surface area contributed by atoms with Crippen molar-refractivity contribution in [2.75, 3.05) is 53.4 Å². The number of nitrogens with zero attached hydrogens (tertiary/aromatic N) is 6. The predicted molar refractivity (Wildman–Crippen MR) is 189 cm³/mol. The van der Waals surface area contributed by atoms with Crippen molar-refractivity contribution < 1.29 is 12.8 Å². The van der Waals surface area contributed by atoms with Gasteiger partial charge in [0.2, 0.25) is 0 Å². The molecule has 0 saturated carbocycles. The molecule has 9 nitrogen and oxygen atoms in total. The number of aromatic nitrogens is 4. The van der Waals surface area contributed by atoms with Crippen molar-refractivity contribution in [3.05, 3.63) is 72.9 Å². The average molecular weight is 738 g/mol. The quantitative estimate of drug-likeness (QED) is 0.205. The van der Waals surface area contributed by atoms with Crippen LogP contribution >= 0.6 is 61.0 Å². The van der Waals surface area contributed by atoms with Gasteiger partial charge in [-0.3, -0.25) is 10.00 Å². The molecule has 0 aliphatic carbocycles. The van der Waals surface area contributed by atoms with E-state index in [-0.39, 0.29) is 59.7 Å². The van der Waals surface area contributed by atoms with E-state index in [0.29, 0.717) is 18.8 Å². The first-order chi connectivity index (χ1) is 19.8. The zero-order chi connectivity index (χ0) is 28.6. The molecule has 1 fully saturated rings. The first-order valence-electron chi connectivity index (χ1n) is 13.3. The zero-order valence-electron chi connectivity index (χ0n) is 24.4. The third-order valence-electron chi connectivity index (χ3n) is 7.52. The van der Waals surface area contributed by atoms with E-state index >= 15 is 0 Å². The Morgan fingerprint density at radius 2 is 1.62 bits per heavy atom. The maximum atomic E-state index is 13.5. The van der Waals surface area contributed by atoms with E-state index in [4.69, 9.17) is 0 Å². The van der Waals surface area contributed by atoms with Gasteiger partial charge >= 0.3 is 0 Å². The summed E-state index contributed by atoms with van der Waals surface area (Å²) in [5.41, 5.74) is 4.72. The van der Waals surface area contributed by atoms with Crippen molar-refractivity contribution in [1.82, 2.24) is 34.3 Å². The minimum atomic E-state index is -3.64. The molecule has 16 heteroatoms. The van der Waals surface area contributed by atoms with Crippen LogP contribution in [0.5, 0.6) is 0 Å². The van der Waals surface area contributed by atoms with Gasteiger partial charge in [-0.2, -0.15) is 9.40 Å². The summed E-state index contributed by atoms with van der Waals surface area (Å²) in [6.07, 6.45) is 3.23. The number of hydrogen-bond acceptors (Lipinski definition) is 8. The molecule has 0 radical (unpaired) electrons. The second kappa shape index (κ2) is 16.4. The third-order valence-corrected chi connectivity index (χ3v) is 10.9. The van der Waals surface area contributed by atoms with Gasteiger partial charge < -0.3 is 4.90 Å². The van der Waals surface area contributed by atoms with Gasteiger partial charge in [-0.05, 0) is 61.1 Å². The number of piperazine rings is 1. The molecule has 1 aliphatic heterocycles. The standard InChI is InChI=1S/C29H30FN7O2S2.4ClH/c1-35-11-14-37(15-12-35)16-13-36(2)41(38,39)27-10-9-26(40-27)29-23-17-21(5-8-25(23)31-19-32-29)24-18-33-34-28(24)20-3-6-22(30)7-4-20;;;;/h3-10,17-19H,11-16H2,1-2H3,(H,33,34);4*1H. The molecule has 1 N–H and O–H groups in total. The van der Waals surface area contributed by atoms with Gasteiger partial charge in [0.05, 0.1) is 28.0 Å². The first-order valence-corrected chi connectivity index (χ1v) is 15.6. The van der Waals surface area contributed by atoms with Crippen LogP contribution in [0, 0.1) is 5.82 Å². The first kappa shape index (κ1) is 38.8. The van der Waals surface area contributed by atoms with Crippen LogP contribution < -0.4 is 0 Å². The summed E-state index contributed by atoms with van der Waals surface area (Å²) in [4.78, 5) is 14.3. The van der Waals surface area contributed by atoms with Crippen molar-refractivity contribution in [2.45, 2.75) is 4.21 Å². The number of sulfonamides is 1. The number of thiophene rings is 1. The Morgan fingerprint density at radius 1 is 0.933 bits per heavy atom. The SMILES string of the molecule is CN1CCN(CCN(C)S(=O)(=O)c2ccc(-c3ncnc4ccc(-c5cn[nH]c5-c5ccc(F)cc5)cc34)s2)CC1.Cl.Cl.Cl.Cl. The molecule has 1 saturated heterocycles. The summed E-state index contributed by atoms with van der Waals surface area (Å²) in [6, 6.07) is 15.6. The lowest BCUT2D eigenvalue weighted by Crippen LogP contribution is -2.47. The number of benzene rings is 2. The largest absolute Gasteiger partial charge is 0.304 e. The maximum absolute atomic E-state index is 13.5. The molecule has 45 heavy (non-hydrogen) atoms. The number of likely N-dealkylation sites (N-methyl/N-ethyl adjacent to an activating group) is 2. The Hall–Kier alpha value is -2.39. The zero-order valence-corrected chi connectivity index (χ0v) is 29.3. The van der Waals surface area contributed by atoms with E-state index in [0.717, 1.165) is 64.3 Å². The van der Waals surface area contributed by atoms with Crippen molar-refractivity contribution in [3.8, 4) is 33.0 Å². The highest BCUT2D eigenvalue weighted by atomic mass is 35.5. The van der Waals surface area contributed by atoms with Crippen molar-refractivity contribution in [1.29, 1.82) is 0 Å². The minimum Gasteiger partial charge on any atom is -0.304 e. The number of hydrogen-bond donors (Lipinski definition) is 1. The van der Waals surface area contributed by atoms with E-state index < -0.39 is 10.0 Å². The number of rotatable bonds is 8. The Labute approximate surface area is 290 Å². The molecule has 0 atom stereocenters. The van der Waals surface area contributed by atoms with E-state index in [9.17, 15) is 12.8 Å². The van der Waals surface area contributed by atoms with Crippen LogP contribution in [0.25, 0.3) is 43.9 Å².